The smallest absolute Gasteiger partial charge is 0.416 e. The Bertz CT molecular complexity index is 1680. The number of methoxy groups -OCH3 is 1. The summed E-state index contributed by atoms with van der Waals surface area (Å²) in [6.07, 6.45) is -2.00. The van der Waals surface area contributed by atoms with E-state index in [4.69, 9.17) is 4.74 Å². The van der Waals surface area contributed by atoms with Crippen LogP contribution in [0, 0.1) is 11.3 Å². The number of esters is 1. The van der Waals surface area contributed by atoms with E-state index in [2.05, 4.69) is 40.2 Å². The first kappa shape index (κ1) is 31.0. The second-order valence-corrected chi connectivity index (χ2v) is 11.3. The number of nitriles is 1. The van der Waals surface area contributed by atoms with Crippen LogP contribution in [0.15, 0.2) is 58.5 Å². The van der Waals surface area contributed by atoms with Gasteiger partial charge in [-0.2, -0.15) is 18.4 Å². The molecule has 232 valence electrons. The predicted molar refractivity (Wildman–Crippen MR) is 157 cm³/mol. The summed E-state index contributed by atoms with van der Waals surface area (Å²) in [5.41, 5.74) is 0.641. The highest BCUT2D eigenvalue weighted by Gasteiger charge is 2.41. The molecule has 0 radical (unpaired) electrons. The van der Waals surface area contributed by atoms with Crippen molar-refractivity contribution in [3.63, 3.8) is 0 Å². The maximum absolute atomic E-state index is 13.6. The Morgan fingerprint density at radius 3 is 2.55 bits per heavy atom. The number of aromatic nitrogens is 3. The first-order valence-corrected chi connectivity index (χ1v) is 14.3. The van der Waals surface area contributed by atoms with Crippen LogP contribution in [0.25, 0.3) is 0 Å². The summed E-state index contributed by atoms with van der Waals surface area (Å²) in [6, 6.07) is 11.4. The van der Waals surface area contributed by atoms with Gasteiger partial charge in [0.1, 0.15) is 6.04 Å². The average molecular weight is 610 g/mol. The fourth-order valence-corrected chi connectivity index (χ4v) is 6.18. The monoisotopic (exact) mass is 609 g/mol. The van der Waals surface area contributed by atoms with Crippen LogP contribution in [0.4, 0.5) is 24.8 Å². The van der Waals surface area contributed by atoms with Crippen LogP contribution in [0.3, 0.4) is 0 Å². The number of benzene rings is 2. The number of ether oxygens (including phenoxy) is 1. The van der Waals surface area contributed by atoms with Gasteiger partial charge in [0.2, 0.25) is 5.95 Å². The summed E-state index contributed by atoms with van der Waals surface area (Å²) in [5.74, 6) is -0.727. The molecule has 3 heterocycles. The number of carbonyl (C=O) groups is 1. The number of hydrogen-bond donors (Lipinski definition) is 1. The number of likely N-dealkylation sites (tertiary alicyclic amines) is 1. The van der Waals surface area contributed by atoms with Crippen molar-refractivity contribution in [3.05, 3.63) is 86.5 Å². The van der Waals surface area contributed by atoms with Crippen molar-refractivity contribution in [1.29, 1.82) is 5.26 Å². The molecule has 1 saturated heterocycles. The summed E-state index contributed by atoms with van der Waals surface area (Å²) in [4.78, 5) is 32.7. The number of piperidine rings is 1. The number of nitrogens with zero attached hydrogens (tertiary/aromatic N) is 6. The number of carbonyl (C=O) groups excluding carboxylic acids is 1. The molecule has 13 heteroatoms. The van der Waals surface area contributed by atoms with Crippen molar-refractivity contribution in [2.24, 2.45) is 0 Å². The van der Waals surface area contributed by atoms with Gasteiger partial charge in [0.15, 0.2) is 0 Å². The molecule has 1 unspecified atom stereocenters. The van der Waals surface area contributed by atoms with Gasteiger partial charge in [-0.3, -0.25) is 4.90 Å². The average Bonchev–Trinajstić information content (AvgIpc) is 3.39. The fourth-order valence-electron chi connectivity index (χ4n) is 6.18. The molecule has 0 spiro atoms. The minimum atomic E-state index is -4.61. The molecule has 1 aromatic heterocycles. The lowest BCUT2D eigenvalue weighted by Crippen LogP contribution is -2.42. The maximum Gasteiger partial charge on any atom is 0.416 e. The number of H-pyrrole nitrogens is 1. The number of fused-ring (bicyclic) bond motifs is 1. The number of hydrogen-bond acceptors (Lipinski definition) is 8. The molecule has 1 N–H and O–H groups in total. The molecule has 5 rings (SSSR count). The minimum Gasteiger partial charge on any atom is -0.466 e. The quantitative estimate of drug-likeness (QED) is 0.397. The minimum absolute atomic E-state index is 0.0190. The number of nitrogens with one attached hydrogen (secondary N) is 1. The lowest BCUT2D eigenvalue weighted by atomic mass is 9.89. The highest BCUT2D eigenvalue weighted by Crippen LogP contribution is 2.43. The van der Waals surface area contributed by atoms with E-state index in [9.17, 15) is 28.0 Å². The van der Waals surface area contributed by atoms with E-state index in [0.29, 0.717) is 30.1 Å². The fraction of sp³-hybridized carbons (Fsp3) is 0.419. The Morgan fingerprint density at radius 2 is 1.91 bits per heavy atom. The molecule has 0 aliphatic carbocycles. The topological polar surface area (TPSA) is 110 Å². The third kappa shape index (κ3) is 5.87. The summed E-state index contributed by atoms with van der Waals surface area (Å²) in [5, 5.41) is 16.3. The van der Waals surface area contributed by atoms with Gasteiger partial charge in [0, 0.05) is 24.0 Å². The van der Waals surface area contributed by atoms with Crippen molar-refractivity contribution in [1.82, 2.24) is 24.6 Å². The molecule has 2 aromatic carbocycles. The summed E-state index contributed by atoms with van der Waals surface area (Å²) in [6.45, 7) is 4.13. The molecular weight excluding hydrogens is 575 g/mol. The van der Waals surface area contributed by atoms with E-state index < -0.39 is 29.4 Å². The van der Waals surface area contributed by atoms with E-state index in [1.807, 2.05) is 0 Å². The van der Waals surface area contributed by atoms with Crippen molar-refractivity contribution in [3.8, 4) is 6.07 Å². The Morgan fingerprint density at radius 1 is 1.18 bits per heavy atom. The second kappa shape index (κ2) is 12.3. The SMILES string of the molecule is COC(=O)C1=C(C)N(c2cccc(C(F)(F)F)c2)c2n[nH]c(=O)n2C1c1ccc(C#N)cc1CCN1CCC(N(C)C)CC1. The van der Waals surface area contributed by atoms with Gasteiger partial charge in [-0.25, -0.2) is 19.3 Å². The summed E-state index contributed by atoms with van der Waals surface area (Å²) < 4.78 is 47.3. The van der Waals surface area contributed by atoms with Crippen LogP contribution in [0.2, 0.25) is 0 Å². The Hall–Kier alpha value is -4.41. The van der Waals surface area contributed by atoms with Crippen molar-refractivity contribution in [2.75, 3.05) is 45.7 Å². The molecule has 44 heavy (non-hydrogen) atoms. The van der Waals surface area contributed by atoms with Crippen LogP contribution < -0.4 is 10.6 Å². The number of rotatable bonds is 7. The van der Waals surface area contributed by atoms with Crippen LogP contribution in [-0.2, 0) is 22.1 Å². The standard InChI is InChI=1S/C31H34F3N7O3/c1-19-26(28(42)44-4)27(41-29(36-37-30(41)43)40(19)24-7-5-6-22(17-24)31(32,33)34)25-9-8-20(18-35)16-21(25)10-13-39-14-11-23(12-15-39)38(2)3/h5-9,16-17,23,27H,10-15H2,1-4H3,(H,37,43). The Kier molecular flexibility index (Phi) is 8.67. The molecule has 0 bridgehead atoms. The zero-order chi connectivity index (χ0) is 31.8. The van der Waals surface area contributed by atoms with E-state index in [1.165, 1.54) is 28.7 Å². The van der Waals surface area contributed by atoms with Crippen LogP contribution >= 0.6 is 0 Å². The second-order valence-electron chi connectivity index (χ2n) is 11.3. The van der Waals surface area contributed by atoms with Crippen molar-refractivity contribution >= 4 is 17.6 Å². The van der Waals surface area contributed by atoms with E-state index >= 15 is 0 Å². The lowest BCUT2D eigenvalue weighted by molar-refractivity contribution is -0.138. The van der Waals surface area contributed by atoms with Gasteiger partial charge in [-0.05, 0) is 94.8 Å². The van der Waals surface area contributed by atoms with Gasteiger partial charge in [-0.15, -0.1) is 5.10 Å². The third-order valence-electron chi connectivity index (χ3n) is 8.53. The molecular formula is C31H34F3N7O3. The van der Waals surface area contributed by atoms with Crippen LogP contribution in [0.1, 0.15) is 48.1 Å². The van der Waals surface area contributed by atoms with E-state index in [0.717, 1.165) is 43.6 Å². The number of allylic oxidation sites excluding steroid dienone is 1. The molecule has 0 saturated carbocycles. The third-order valence-corrected chi connectivity index (χ3v) is 8.53. The first-order chi connectivity index (χ1) is 20.9. The summed E-state index contributed by atoms with van der Waals surface area (Å²) in [7, 11) is 5.37. The van der Waals surface area contributed by atoms with Gasteiger partial charge >= 0.3 is 17.8 Å². The zero-order valence-electron chi connectivity index (χ0n) is 25.0. The van der Waals surface area contributed by atoms with Crippen molar-refractivity contribution < 1.29 is 22.7 Å². The largest absolute Gasteiger partial charge is 0.466 e. The van der Waals surface area contributed by atoms with Gasteiger partial charge in [0.25, 0.3) is 0 Å². The number of aromatic amines is 1. The molecule has 1 atom stereocenters. The molecule has 3 aromatic rings. The van der Waals surface area contributed by atoms with Crippen LogP contribution in [-0.4, -0.2) is 77.4 Å². The number of anilines is 2. The first-order valence-electron chi connectivity index (χ1n) is 14.3. The lowest BCUT2D eigenvalue weighted by Gasteiger charge is -2.37. The molecule has 2 aliphatic heterocycles. The molecule has 1 fully saturated rings. The molecule has 10 nitrogen and oxygen atoms in total. The number of halogens is 3. The van der Waals surface area contributed by atoms with Gasteiger partial charge in [-0.1, -0.05) is 12.1 Å². The van der Waals surface area contributed by atoms with Crippen molar-refractivity contribution in [2.45, 2.75) is 44.4 Å². The Balaban J connectivity index is 1.61. The molecule has 2 aliphatic rings. The van der Waals surface area contributed by atoms with Gasteiger partial charge in [0.05, 0.1) is 29.9 Å². The number of alkyl halides is 3. The molecule has 0 amide bonds. The Labute approximate surface area is 252 Å². The maximum atomic E-state index is 13.6. The van der Waals surface area contributed by atoms with E-state index in [-0.39, 0.29) is 22.9 Å². The van der Waals surface area contributed by atoms with Crippen LogP contribution in [0.5, 0.6) is 0 Å². The highest BCUT2D eigenvalue weighted by molar-refractivity contribution is 5.93. The normalized spacial score (nSPS) is 18.0. The van der Waals surface area contributed by atoms with Gasteiger partial charge < -0.3 is 14.5 Å². The summed E-state index contributed by atoms with van der Waals surface area (Å²) >= 11 is 0. The highest BCUT2D eigenvalue weighted by atomic mass is 19.4. The van der Waals surface area contributed by atoms with E-state index in [1.54, 1.807) is 25.1 Å². The predicted octanol–water partition coefficient (Wildman–Crippen LogP) is 4.22. The zero-order valence-corrected chi connectivity index (χ0v) is 25.0.